The van der Waals surface area contributed by atoms with E-state index in [2.05, 4.69) is 10.4 Å². The second-order valence-corrected chi connectivity index (χ2v) is 9.94. The van der Waals surface area contributed by atoms with Crippen LogP contribution in [0.25, 0.3) is 11.3 Å². The van der Waals surface area contributed by atoms with Gasteiger partial charge >= 0.3 is 0 Å². The van der Waals surface area contributed by atoms with Gasteiger partial charge in [-0.15, -0.1) is 11.8 Å². The zero-order valence-electron chi connectivity index (χ0n) is 19.1. The Morgan fingerprint density at radius 2 is 1.76 bits per heavy atom. The lowest BCUT2D eigenvalue weighted by Gasteiger charge is -2.26. The molecule has 2 aromatic carbocycles. The zero-order chi connectivity index (χ0) is 24.6. The molecule has 2 unspecified atom stereocenters. The Bertz CT molecular complexity index is 1330. The maximum Gasteiger partial charge on any atom is 0.273 e. The van der Waals surface area contributed by atoms with Crippen LogP contribution in [0.1, 0.15) is 23.4 Å². The van der Waals surface area contributed by atoms with E-state index in [0.29, 0.717) is 10.6 Å². The van der Waals surface area contributed by atoms with E-state index >= 15 is 0 Å². The van der Waals surface area contributed by atoms with E-state index in [-0.39, 0.29) is 33.7 Å². The van der Waals surface area contributed by atoms with Crippen molar-refractivity contribution in [3.8, 4) is 17.3 Å². The van der Waals surface area contributed by atoms with Crippen LogP contribution in [-0.2, 0) is 11.8 Å². The van der Waals surface area contributed by atoms with Gasteiger partial charge < -0.3 is 4.90 Å². The average Bonchev–Trinajstić information content (AvgIpc) is 3.11. The van der Waals surface area contributed by atoms with Crippen LogP contribution in [0.5, 0.6) is 0 Å². The lowest BCUT2D eigenvalue weighted by molar-refractivity contribution is -0.128. The first kappa shape index (κ1) is 23.7. The van der Waals surface area contributed by atoms with Crippen LogP contribution in [0.3, 0.4) is 0 Å². The summed E-state index contributed by atoms with van der Waals surface area (Å²) in [6.07, 6.45) is 0. The van der Waals surface area contributed by atoms with Gasteiger partial charge in [0.25, 0.3) is 11.5 Å². The molecule has 0 saturated carbocycles. The summed E-state index contributed by atoms with van der Waals surface area (Å²) in [5.41, 5.74) is 5.26. The normalized spacial score (nSPS) is 17.5. The molecule has 2 heterocycles. The Balaban J connectivity index is 1.75. The minimum absolute atomic E-state index is 0.0818. The highest BCUT2D eigenvalue weighted by Gasteiger charge is 2.39. The number of aromatic nitrogens is 2. The zero-order valence-corrected chi connectivity index (χ0v) is 20.7. The van der Waals surface area contributed by atoms with E-state index in [1.807, 2.05) is 56.3 Å². The summed E-state index contributed by atoms with van der Waals surface area (Å²) in [6.45, 7) is 1.85. The molecular weight excluding hydrogens is 472 g/mol. The topological polar surface area (TPSA) is 94.3 Å². The van der Waals surface area contributed by atoms with Crippen molar-refractivity contribution in [1.29, 1.82) is 5.26 Å². The Hall–Kier alpha value is -3.48. The molecule has 3 aromatic rings. The SMILES string of the molecule is CC1SC(c2ccc(N(C)C)cc2)N(Nc2nc(-c3ccc(Cl)cc3)c(C#N)c(=O)n2C)C1=O. The summed E-state index contributed by atoms with van der Waals surface area (Å²) in [7, 11) is 5.45. The molecule has 0 aliphatic carbocycles. The molecule has 10 heteroatoms. The maximum atomic E-state index is 13.0. The summed E-state index contributed by atoms with van der Waals surface area (Å²) in [4.78, 5) is 32.6. The molecule has 2 atom stereocenters. The molecule has 1 saturated heterocycles. The van der Waals surface area contributed by atoms with Crippen LogP contribution < -0.4 is 15.9 Å². The van der Waals surface area contributed by atoms with Crippen molar-refractivity contribution in [1.82, 2.24) is 14.6 Å². The van der Waals surface area contributed by atoms with Crippen LogP contribution in [0.15, 0.2) is 53.3 Å². The number of nitriles is 1. The first-order valence-corrected chi connectivity index (χ1v) is 11.8. The van der Waals surface area contributed by atoms with E-state index in [0.717, 1.165) is 11.3 Å². The number of nitrogens with one attached hydrogen (secondary N) is 1. The molecule has 1 aromatic heterocycles. The van der Waals surface area contributed by atoms with Gasteiger partial charge in [-0.3, -0.25) is 19.6 Å². The lowest BCUT2D eigenvalue weighted by atomic mass is 10.1. The highest BCUT2D eigenvalue weighted by Crippen LogP contribution is 2.43. The summed E-state index contributed by atoms with van der Waals surface area (Å²) >= 11 is 7.50. The van der Waals surface area contributed by atoms with Crippen molar-refractivity contribution in [3.05, 3.63) is 75.0 Å². The van der Waals surface area contributed by atoms with Crippen LogP contribution in [-0.4, -0.2) is 39.8 Å². The number of nitrogens with zero attached hydrogens (tertiary/aromatic N) is 5. The van der Waals surface area contributed by atoms with Crippen molar-refractivity contribution in [2.75, 3.05) is 24.4 Å². The van der Waals surface area contributed by atoms with Crippen molar-refractivity contribution in [2.24, 2.45) is 7.05 Å². The fourth-order valence-electron chi connectivity index (χ4n) is 3.63. The van der Waals surface area contributed by atoms with Crippen molar-refractivity contribution < 1.29 is 4.79 Å². The highest BCUT2D eigenvalue weighted by molar-refractivity contribution is 8.01. The Morgan fingerprint density at radius 1 is 1.12 bits per heavy atom. The number of rotatable bonds is 5. The smallest absolute Gasteiger partial charge is 0.273 e. The number of hydrogen-bond acceptors (Lipinski definition) is 7. The van der Waals surface area contributed by atoms with Gasteiger partial charge in [-0.2, -0.15) is 5.26 Å². The Labute approximate surface area is 206 Å². The third kappa shape index (κ3) is 4.34. The van der Waals surface area contributed by atoms with Gasteiger partial charge in [0.05, 0.1) is 10.9 Å². The standard InChI is InChI=1S/C24H23ClN6O2S/c1-14-21(32)31(23(34-14)16-7-11-18(12-8-16)29(2)3)28-24-27-20(15-5-9-17(25)10-6-15)19(13-26)22(33)30(24)4/h5-12,14,23H,1-4H3,(H,27,28). The third-order valence-electron chi connectivity index (χ3n) is 5.59. The minimum atomic E-state index is -0.510. The van der Waals surface area contributed by atoms with E-state index in [1.165, 1.54) is 28.4 Å². The van der Waals surface area contributed by atoms with Crippen LogP contribution in [0, 0.1) is 11.3 Å². The first-order chi connectivity index (χ1) is 16.2. The number of benzene rings is 2. The van der Waals surface area contributed by atoms with Gasteiger partial charge in [-0.05, 0) is 36.8 Å². The molecule has 1 aliphatic heterocycles. The largest absolute Gasteiger partial charge is 0.378 e. The number of thioether (sulfide) groups is 1. The van der Waals surface area contributed by atoms with Gasteiger partial charge in [0, 0.05) is 37.4 Å². The molecule has 174 valence electrons. The summed E-state index contributed by atoms with van der Waals surface area (Å²) in [5.74, 6) is 0.0326. The quantitative estimate of drug-likeness (QED) is 0.572. The van der Waals surface area contributed by atoms with E-state index in [4.69, 9.17) is 11.6 Å². The number of carbonyl (C=O) groups excluding carboxylic acids is 1. The molecule has 1 N–H and O–H groups in total. The lowest BCUT2D eigenvalue weighted by Crippen LogP contribution is -2.38. The molecule has 1 aliphatic rings. The predicted molar refractivity (Wildman–Crippen MR) is 136 cm³/mol. The van der Waals surface area contributed by atoms with E-state index < -0.39 is 5.56 Å². The Morgan fingerprint density at radius 3 is 2.35 bits per heavy atom. The third-order valence-corrected chi connectivity index (χ3v) is 7.19. The molecule has 0 spiro atoms. The molecule has 1 fully saturated rings. The highest BCUT2D eigenvalue weighted by atomic mass is 35.5. The predicted octanol–water partition coefficient (Wildman–Crippen LogP) is 4.03. The molecular formula is C24H23ClN6O2S. The van der Waals surface area contributed by atoms with Gasteiger partial charge in [0.1, 0.15) is 17.0 Å². The van der Waals surface area contributed by atoms with Gasteiger partial charge in [-0.1, -0.05) is 35.9 Å². The molecule has 8 nitrogen and oxygen atoms in total. The summed E-state index contributed by atoms with van der Waals surface area (Å²) < 4.78 is 1.24. The van der Waals surface area contributed by atoms with Crippen LogP contribution in [0.2, 0.25) is 5.02 Å². The maximum absolute atomic E-state index is 13.0. The number of carbonyl (C=O) groups is 1. The Kier molecular flexibility index (Phi) is 6.55. The number of halogens is 1. The number of hydrogen-bond donors (Lipinski definition) is 1. The van der Waals surface area contributed by atoms with Crippen molar-refractivity contribution in [3.63, 3.8) is 0 Å². The van der Waals surface area contributed by atoms with Crippen LogP contribution >= 0.6 is 23.4 Å². The number of anilines is 2. The number of amides is 1. The summed E-state index contributed by atoms with van der Waals surface area (Å²) in [6, 6.07) is 16.6. The van der Waals surface area contributed by atoms with Crippen molar-refractivity contribution >= 4 is 40.9 Å². The van der Waals surface area contributed by atoms with Gasteiger partial charge in [-0.25, -0.2) is 9.99 Å². The number of hydrazine groups is 1. The summed E-state index contributed by atoms with van der Waals surface area (Å²) in [5, 5.41) is 11.1. The van der Waals surface area contributed by atoms with Crippen molar-refractivity contribution in [2.45, 2.75) is 17.5 Å². The van der Waals surface area contributed by atoms with Gasteiger partial charge in [0.2, 0.25) is 5.95 Å². The van der Waals surface area contributed by atoms with Crippen LogP contribution in [0.4, 0.5) is 11.6 Å². The van der Waals surface area contributed by atoms with Gasteiger partial charge in [0.15, 0.2) is 0 Å². The fourth-order valence-corrected chi connectivity index (χ4v) is 4.96. The molecule has 1 amide bonds. The molecule has 34 heavy (non-hydrogen) atoms. The molecule has 0 bridgehead atoms. The second-order valence-electron chi connectivity index (χ2n) is 8.08. The van der Waals surface area contributed by atoms with E-state index in [1.54, 1.807) is 24.3 Å². The fraction of sp³-hybridized carbons (Fsp3) is 0.250. The average molecular weight is 495 g/mol. The van der Waals surface area contributed by atoms with E-state index in [9.17, 15) is 14.9 Å². The first-order valence-electron chi connectivity index (χ1n) is 10.5. The molecule has 4 rings (SSSR count). The minimum Gasteiger partial charge on any atom is -0.378 e. The molecule has 0 radical (unpaired) electrons. The monoisotopic (exact) mass is 494 g/mol. The second kappa shape index (κ2) is 9.41.